The molecule has 4 nitrogen and oxygen atoms in total. The molecule has 5 rings (SSSR count). The largest absolute Gasteiger partial charge is 0.464 e. The third kappa shape index (κ3) is 3.80. The van der Waals surface area contributed by atoms with Crippen LogP contribution in [0.25, 0.3) is 22.6 Å². The molecular formula is C26H22N2O2. The van der Waals surface area contributed by atoms with Gasteiger partial charge in [-0.25, -0.2) is 0 Å². The molecule has 4 heteroatoms. The van der Waals surface area contributed by atoms with Crippen molar-refractivity contribution in [2.75, 3.05) is 10.6 Å². The molecule has 2 aromatic carbocycles. The van der Waals surface area contributed by atoms with E-state index < -0.39 is 0 Å². The van der Waals surface area contributed by atoms with Gasteiger partial charge in [-0.2, -0.15) is 0 Å². The van der Waals surface area contributed by atoms with Gasteiger partial charge < -0.3 is 19.5 Å². The maximum atomic E-state index is 5.76. The van der Waals surface area contributed by atoms with E-state index >= 15 is 0 Å². The highest BCUT2D eigenvalue weighted by Gasteiger charge is 2.18. The van der Waals surface area contributed by atoms with Gasteiger partial charge in [0.05, 0.1) is 18.2 Å². The van der Waals surface area contributed by atoms with Gasteiger partial charge >= 0.3 is 0 Å². The maximum absolute atomic E-state index is 5.76. The molecule has 4 aromatic rings. The highest BCUT2D eigenvalue weighted by molar-refractivity contribution is 5.89. The molecule has 1 aliphatic rings. The van der Waals surface area contributed by atoms with Gasteiger partial charge in [0.25, 0.3) is 0 Å². The fourth-order valence-electron chi connectivity index (χ4n) is 3.66. The average Bonchev–Trinajstić information content (AvgIpc) is 3.51. The zero-order valence-corrected chi connectivity index (χ0v) is 16.4. The molecule has 0 saturated carbocycles. The number of furan rings is 2. The number of nitrogens with one attached hydrogen (secondary N) is 2. The summed E-state index contributed by atoms with van der Waals surface area (Å²) in [5.74, 6) is 1.62. The fraction of sp³-hybridized carbons (Fsp3) is 0.0769. The smallest absolute Gasteiger partial charge is 0.136 e. The summed E-state index contributed by atoms with van der Waals surface area (Å²) in [6.45, 7) is 0. The van der Waals surface area contributed by atoms with Crippen molar-refractivity contribution in [3.63, 3.8) is 0 Å². The van der Waals surface area contributed by atoms with Gasteiger partial charge in [-0.15, -0.1) is 0 Å². The molecule has 2 aromatic heterocycles. The van der Waals surface area contributed by atoms with Gasteiger partial charge in [0.15, 0.2) is 0 Å². The Balaban J connectivity index is 1.63. The third-order valence-corrected chi connectivity index (χ3v) is 5.11. The molecule has 0 radical (unpaired) electrons. The number of benzene rings is 2. The van der Waals surface area contributed by atoms with Crippen LogP contribution in [-0.4, -0.2) is 6.04 Å². The molecule has 2 heterocycles. The summed E-state index contributed by atoms with van der Waals surface area (Å²) in [6.07, 6.45) is 12.8. The van der Waals surface area contributed by atoms with Crippen molar-refractivity contribution in [3.05, 3.63) is 104 Å². The first kappa shape index (κ1) is 18.1. The predicted octanol–water partition coefficient (Wildman–Crippen LogP) is 7.25. The highest BCUT2D eigenvalue weighted by Crippen LogP contribution is 2.40. The van der Waals surface area contributed by atoms with Gasteiger partial charge in [0.1, 0.15) is 11.5 Å². The van der Waals surface area contributed by atoms with E-state index in [9.17, 15) is 0 Å². The summed E-state index contributed by atoms with van der Waals surface area (Å²) >= 11 is 0. The molecule has 0 amide bonds. The van der Waals surface area contributed by atoms with Crippen LogP contribution in [0.3, 0.4) is 0 Å². The van der Waals surface area contributed by atoms with Crippen molar-refractivity contribution in [1.82, 2.24) is 0 Å². The minimum absolute atomic E-state index is 0.223. The summed E-state index contributed by atoms with van der Waals surface area (Å²) in [7, 11) is 0. The number of para-hydroxylation sites is 1. The van der Waals surface area contributed by atoms with E-state index in [2.05, 4.69) is 47.1 Å². The molecule has 0 spiro atoms. The Hall–Kier alpha value is -3.92. The van der Waals surface area contributed by atoms with Crippen LogP contribution in [0.5, 0.6) is 0 Å². The second kappa shape index (κ2) is 8.21. The van der Waals surface area contributed by atoms with Crippen molar-refractivity contribution in [1.29, 1.82) is 0 Å². The lowest BCUT2D eigenvalue weighted by Crippen LogP contribution is -2.17. The minimum Gasteiger partial charge on any atom is -0.464 e. The first-order chi connectivity index (χ1) is 14.9. The molecule has 1 atom stereocenters. The van der Waals surface area contributed by atoms with E-state index in [0.29, 0.717) is 0 Å². The first-order valence-electron chi connectivity index (χ1n) is 10.0. The van der Waals surface area contributed by atoms with Crippen LogP contribution >= 0.6 is 0 Å². The average molecular weight is 394 g/mol. The fourth-order valence-corrected chi connectivity index (χ4v) is 3.66. The van der Waals surface area contributed by atoms with Gasteiger partial charge in [-0.1, -0.05) is 42.5 Å². The van der Waals surface area contributed by atoms with E-state index in [0.717, 1.165) is 46.1 Å². The highest BCUT2D eigenvalue weighted by atomic mass is 16.3. The third-order valence-electron chi connectivity index (χ3n) is 5.11. The molecule has 2 N–H and O–H groups in total. The molecule has 1 aliphatic carbocycles. The standard InChI is InChI=1S/C26H22N2O2/c1-3-9-19(10-4-1)27-23-17-22(26-14-8-16-30-26)24(28-20-11-5-2-6-12-20)18-21(23)25-13-7-15-29-25/h1-11,13-18,20,27-28H,12H2. The second-order valence-corrected chi connectivity index (χ2v) is 7.19. The van der Waals surface area contributed by atoms with Crippen LogP contribution < -0.4 is 10.6 Å². The number of hydrogen-bond donors (Lipinski definition) is 2. The number of allylic oxidation sites excluding steroid dienone is 2. The molecule has 1 unspecified atom stereocenters. The lowest BCUT2D eigenvalue weighted by molar-refractivity contribution is 0.581. The zero-order chi connectivity index (χ0) is 20.2. The molecule has 0 bridgehead atoms. The topological polar surface area (TPSA) is 50.3 Å². The quantitative estimate of drug-likeness (QED) is 0.362. The van der Waals surface area contributed by atoms with E-state index in [1.54, 1.807) is 12.5 Å². The van der Waals surface area contributed by atoms with E-state index in [4.69, 9.17) is 8.83 Å². The Morgan fingerprint density at radius 2 is 1.43 bits per heavy atom. The Labute approximate surface area is 175 Å². The summed E-state index contributed by atoms with van der Waals surface area (Å²) in [5, 5.41) is 7.20. The molecule has 30 heavy (non-hydrogen) atoms. The van der Waals surface area contributed by atoms with E-state index in [1.807, 2.05) is 54.6 Å². The van der Waals surface area contributed by atoms with E-state index in [-0.39, 0.29) is 6.04 Å². The van der Waals surface area contributed by atoms with Crippen molar-refractivity contribution in [3.8, 4) is 22.6 Å². The van der Waals surface area contributed by atoms with Gasteiger partial charge in [0, 0.05) is 28.5 Å². The van der Waals surface area contributed by atoms with Crippen molar-refractivity contribution >= 4 is 17.1 Å². The first-order valence-corrected chi connectivity index (χ1v) is 10.0. The Morgan fingerprint density at radius 3 is 2.07 bits per heavy atom. The SMILES string of the molecule is C1=CCC(Nc2cc(-c3ccco3)c(Nc3ccccc3)cc2-c2ccco2)C=C1. The van der Waals surface area contributed by atoms with Gasteiger partial charge in [-0.3, -0.25) is 0 Å². The van der Waals surface area contributed by atoms with Crippen molar-refractivity contribution in [2.45, 2.75) is 12.5 Å². The summed E-state index contributed by atoms with van der Waals surface area (Å²) in [5.41, 5.74) is 4.94. The molecule has 148 valence electrons. The number of anilines is 3. The lowest BCUT2D eigenvalue weighted by Gasteiger charge is -2.21. The normalized spacial score (nSPS) is 15.3. The van der Waals surface area contributed by atoms with Crippen molar-refractivity contribution in [2.24, 2.45) is 0 Å². The minimum atomic E-state index is 0.223. The monoisotopic (exact) mass is 394 g/mol. The van der Waals surface area contributed by atoms with Crippen molar-refractivity contribution < 1.29 is 8.83 Å². The predicted molar refractivity (Wildman–Crippen MR) is 122 cm³/mol. The summed E-state index contributed by atoms with van der Waals surface area (Å²) < 4.78 is 11.5. The van der Waals surface area contributed by atoms with Crippen LogP contribution in [0.15, 0.2) is 112 Å². The molecule has 0 saturated heterocycles. The zero-order valence-electron chi connectivity index (χ0n) is 16.4. The number of rotatable bonds is 6. The van der Waals surface area contributed by atoms with Crippen LogP contribution in [-0.2, 0) is 0 Å². The Morgan fingerprint density at radius 1 is 0.733 bits per heavy atom. The maximum Gasteiger partial charge on any atom is 0.136 e. The lowest BCUT2D eigenvalue weighted by atomic mass is 10.0. The molecule has 0 aliphatic heterocycles. The molecular weight excluding hydrogens is 372 g/mol. The van der Waals surface area contributed by atoms with Crippen LogP contribution in [0.2, 0.25) is 0 Å². The number of hydrogen-bond acceptors (Lipinski definition) is 4. The Kier molecular flexibility index (Phi) is 4.96. The summed E-state index contributed by atoms with van der Waals surface area (Å²) in [4.78, 5) is 0. The second-order valence-electron chi connectivity index (χ2n) is 7.19. The van der Waals surface area contributed by atoms with Crippen LogP contribution in [0.4, 0.5) is 17.1 Å². The van der Waals surface area contributed by atoms with E-state index in [1.165, 1.54) is 0 Å². The Bertz CT molecular complexity index is 1160. The van der Waals surface area contributed by atoms with Gasteiger partial charge in [-0.05, 0) is 55.0 Å². The summed E-state index contributed by atoms with van der Waals surface area (Å²) in [6, 6.07) is 22.4. The van der Waals surface area contributed by atoms with Crippen LogP contribution in [0, 0.1) is 0 Å². The van der Waals surface area contributed by atoms with Gasteiger partial charge in [0.2, 0.25) is 0 Å². The molecule has 0 fully saturated rings. The van der Waals surface area contributed by atoms with Crippen LogP contribution in [0.1, 0.15) is 6.42 Å².